The van der Waals surface area contributed by atoms with Gasteiger partial charge in [0.25, 0.3) is 0 Å². The van der Waals surface area contributed by atoms with E-state index in [1.165, 1.54) is 22.8 Å². The number of likely N-dealkylation sites (tertiary alicyclic amines) is 1. The average Bonchev–Trinajstić information content (AvgIpc) is 2.85. The van der Waals surface area contributed by atoms with E-state index in [2.05, 4.69) is 22.9 Å². The third-order valence-electron chi connectivity index (χ3n) is 5.79. The molecule has 7 nitrogen and oxygen atoms in total. The molecule has 0 spiro atoms. The van der Waals surface area contributed by atoms with E-state index in [4.69, 9.17) is 5.11 Å². The monoisotopic (exact) mass is 399 g/mol. The van der Waals surface area contributed by atoms with Crippen LogP contribution in [0.5, 0.6) is 0 Å². The normalized spacial score (nSPS) is 17.2. The second-order valence-corrected chi connectivity index (χ2v) is 7.79. The molecule has 1 aliphatic heterocycles. The van der Waals surface area contributed by atoms with E-state index in [1.54, 1.807) is 0 Å². The van der Waals surface area contributed by atoms with Gasteiger partial charge in [0.15, 0.2) is 0 Å². The van der Waals surface area contributed by atoms with Crippen LogP contribution in [0.2, 0.25) is 0 Å². The minimum Gasteiger partial charge on any atom is -0.480 e. The molecule has 1 aliphatic rings. The number of aliphatic carboxylic acids is 1. The van der Waals surface area contributed by atoms with Crippen LogP contribution in [-0.2, 0) is 27.9 Å². The molecule has 1 atom stereocenters. The van der Waals surface area contributed by atoms with Crippen molar-refractivity contribution in [1.82, 2.24) is 14.4 Å². The fourth-order valence-electron chi connectivity index (χ4n) is 4.31. The summed E-state index contributed by atoms with van der Waals surface area (Å²) in [4.78, 5) is 39.0. The number of fused-ring (bicyclic) bond motifs is 1. The van der Waals surface area contributed by atoms with Gasteiger partial charge in [0.1, 0.15) is 6.54 Å². The molecule has 1 aromatic carbocycles. The number of aromatic nitrogens is 1. The van der Waals surface area contributed by atoms with E-state index >= 15 is 0 Å². The summed E-state index contributed by atoms with van der Waals surface area (Å²) in [5.41, 5.74) is 2.34. The minimum absolute atomic E-state index is 0.117. The fourth-order valence-corrected chi connectivity index (χ4v) is 4.31. The predicted octanol–water partition coefficient (Wildman–Crippen LogP) is 2.43. The molecule has 1 unspecified atom stereocenters. The van der Waals surface area contributed by atoms with Crippen LogP contribution in [0.1, 0.15) is 38.2 Å². The molecular formula is C22H29N3O4. The Morgan fingerprint density at radius 2 is 1.93 bits per heavy atom. The van der Waals surface area contributed by atoms with Crippen molar-refractivity contribution in [2.45, 2.75) is 45.1 Å². The lowest BCUT2D eigenvalue weighted by molar-refractivity contribution is -0.145. The summed E-state index contributed by atoms with van der Waals surface area (Å²) in [7, 11) is 2.01. The second-order valence-electron chi connectivity index (χ2n) is 7.79. The topological polar surface area (TPSA) is 82.8 Å². The number of hydrogen-bond donors (Lipinski definition) is 1. The summed E-state index contributed by atoms with van der Waals surface area (Å²) in [6.45, 7) is 2.34. The maximum absolute atomic E-state index is 12.8. The maximum atomic E-state index is 12.8. The lowest BCUT2D eigenvalue weighted by Gasteiger charge is -2.28. The molecule has 2 amide bonds. The van der Waals surface area contributed by atoms with Crippen molar-refractivity contribution < 1.29 is 19.5 Å². The first-order valence-electron chi connectivity index (χ1n) is 10.2. The van der Waals surface area contributed by atoms with Gasteiger partial charge >= 0.3 is 5.97 Å². The third-order valence-corrected chi connectivity index (χ3v) is 5.79. The van der Waals surface area contributed by atoms with E-state index < -0.39 is 5.97 Å². The zero-order valence-electron chi connectivity index (χ0n) is 17.1. The largest absolute Gasteiger partial charge is 0.480 e. The highest BCUT2D eigenvalue weighted by molar-refractivity contribution is 5.85. The van der Waals surface area contributed by atoms with Crippen molar-refractivity contribution in [2.24, 2.45) is 7.05 Å². The summed E-state index contributed by atoms with van der Waals surface area (Å²) in [6, 6.07) is 8.07. The molecule has 7 heteroatoms. The Labute approximate surface area is 170 Å². The van der Waals surface area contributed by atoms with Gasteiger partial charge in [-0.25, -0.2) is 0 Å². The molecule has 0 saturated carbocycles. The number of benzene rings is 1. The minimum atomic E-state index is -1.01. The van der Waals surface area contributed by atoms with E-state index in [0.717, 1.165) is 18.4 Å². The van der Waals surface area contributed by atoms with E-state index in [1.807, 2.05) is 24.1 Å². The van der Waals surface area contributed by atoms with Crippen LogP contribution in [0.3, 0.4) is 0 Å². The van der Waals surface area contributed by atoms with Gasteiger partial charge in [0.05, 0.1) is 0 Å². The molecule has 3 rings (SSSR count). The van der Waals surface area contributed by atoms with Gasteiger partial charge in [-0.3, -0.25) is 14.4 Å². The Morgan fingerprint density at radius 1 is 1.17 bits per heavy atom. The van der Waals surface area contributed by atoms with Gasteiger partial charge < -0.3 is 19.5 Å². The van der Waals surface area contributed by atoms with Crippen LogP contribution in [0.15, 0.2) is 30.5 Å². The number of para-hydroxylation sites is 1. The first-order valence-corrected chi connectivity index (χ1v) is 10.2. The molecule has 0 radical (unpaired) electrons. The quantitative estimate of drug-likeness (QED) is 0.809. The molecule has 156 valence electrons. The number of amides is 2. The molecule has 2 aromatic rings. The lowest BCUT2D eigenvalue weighted by atomic mass is 10.1. The van der Waals surface area contributed by atoms with Gasteiger partial charge in [0, 0.05) is 56.6 Å². The van der Waals surface area contributed by atoms with Gasteiger partial charge in [-0.1, -0.05) is 18.2 Å². The Morgan fingerprint density at radius 3 is 2.66 bits per heavy atom. The number of carbonyl (C=O) groups excluding carboxylic acids is 2. The Kier molecular flexibility index (Phi) is 6.56. The molecule has 1 aromatic heterocycles. The van der Waals surface area contributed by atoms with Crippen molar-refractivity contribution in [1.29, 1.82) is 0 Å². The molecule has 1 fully saturated rings. The van der Waals surface area contributed by atoms with Gasteiger partial charge in [0.2, 0.25) is 11.8 Å². The summed E-state index contributed by atoms with van der Waals surface area (Å²) in [5.74, 6) is -1.12. The molecule has 2 heterocycles. The van der Waals surface area contributed by atoms with Crippen LogP contribution >= 0.6 is 0 Å². The van der Waals surface area contributed by atoms with Crippen LogP contribution in [-0.4, -0.2) is 62.9 Å². The fraction of sp³-hybridized carbons (Fsp3) is 0.500. The summed E-state index contributed by atoms with van der Waals surface area (Å²) in [6.07, 6.45) is 5.34. The molecule has 1 N–H and O–H groups in total. The van der Waals surface area contributed by atoms with E-state index in [-0.39, 0.29) is 24.4 Å². The van der Waals surface area contributed by atoms with E-state index in [9.17, 15) is 14.4 Å². The molecular weight excluding hydrogens is 370 g/mol. The second kappa shape index (κ2) is 9.11. The highest BCUT2D eigenvalue weighted by Crippen LogP contribution is 2.23. The Bertz CT molecular complexity index is 905. The van der Waals surface area contributed by atoms with Gasteiger partial charge in [-0.15, -0.1) is 0 Å². The van der Waals surface area contributed by atoms with Crippen molar-refractivity contribution in [3.05, 3.63) is 36.0 Å². The number of carboxylic acid groups (broad SMARTS) is 1. The summed E-state index contributed by atoms with van der Waals surface area (Å²) >= 11 is 0. The number of carbonyl (C=O) groups is 3. The number of hydrogen-bond acceptors (Lipinski definition) is 3. The van der Waals surface area contributed by atoms with E-state index in [0.29, 0.717) is 32.4 Å². The maximum Gasteiger partial charge on any atom is 0.323 e. The first kappa shape index (κ1) is 20.9. The Hall–Kier alpha value is -2.83. The van der Waals surface area contributed by atoms with Crippen LogP contribution < -0.4 is 0 Å². The highest BCUT2D eigenvalue weighted by atomic mass is 16.4. The summed E-state index contributed by atoms with van der Waals surface area (Å²) in [5, 5.41) is 10.3. The van der Waals surface area contributed by atoms with Crippen molar-refractivity contribution >= 4 is 28.7 Å². The Balaban J connectivity index is 1.59. The molecule has 29 heavy (non-hydrogen) atoms. The number of nitrogens with zero attached hydrogens (tertiary/aromatic N) is 3. The smallest absolute Gasteiger partial charge is 0.323 e. The molecule has 0 bridgehead atoms. The zero-order valence-corrected chi connectivity index (χ0v) is 17.1. The number of aryl methyl sites for hydroxylation is 2. The molecule has 0 aliphatic carbocycles. The van der Waals surface area contributed by atoms with Crippen LogP contribution in [0, 0.1) is 0 Å². The van der Waals surface area contributed by atoms with Crippen molar-refractivity contribution in [3.63, 3.8) is 0 Å². The zero-order chi connectivity index (χ0) is 21.0. The van der Waals surface area contributed by atoms with Crippen molar-refractivity contribution in [3.8, 4) is 0 Å². The number of rotatable bonds is 6. The van der Waals surface area contributed by atoms with Gasteiger partial charge in [-0.05, 0) is 37.3 Å². The van der Waals surface area contributed by atoms with Crippen molar-refractivity contribution in [2.75, 3.05) is 19.6 Å². The lowest BCUT2D eigenvalue weighted by Crippen LogP contribution is -2.43. The standard InChI is InChI=1S/C22H29N3O4/c1-16(26)25(15-22(28)29)18-6-5-12-24(13-11-18)21(27)10-9-17-14-23(2)20-8-4-3-7-19(17)20/h3-4,7-8,14,18H,5-6,9-13,15H2,1-2H3,(H,28,29). The SMILES string of the molecule is CC(=O)N(CC(=O)O)C1CCCN(C(=O)CCc2cn(C)c3ccccc23)CC1. The highest BCUT2D eigenvalue weighted by Gasteiger charge is 2.27. The average molecular weight is 399 g/mol. The first-order chi connectivity index (χ1) is 13.9. The third kappa shape index (κ3) is 4.96. The van der Waals surface area contributed by atoms with Gasteiger partial charge in [-0.2, -0.15) is 0 Å². The number of carboxylic acids is 1. The van der Waals surface area contributed by atoms with Crippen LogP contribution in [0.4, 0.5) is 0 Å². The van der Waals surface area contributed by atoms with Crippen LogP contribution in [0.25, 0.3) is 10.9 Å². The molecule has 1 saturated heterocycles. The summed E-state index contributed by atoms with van der Waals surface area (Å²) < 4.78 is 2.09. The predicted molar refractivity (Wildman–Crippen MR) is 110 cm³/mol.